The van der Waals surface area contributed by atoms with E-state index in [1.165, 1.54) is 0 Å². The van der Waals surface area contributed by atoms with Crippen LogP contribution < -0.4 is 0 Å². The second-order valence-corrected chi connectivity index (χ2v) is 0. The van der Waals surface area contributed by atoms with E-state index >= 15 is 0 Å². The molecule has 0 aliphatic carbocycles. The summed E-state index contributed by atoms with van der Waals surface area (Å²) in [7, 11) is 0. The first kappa shape index (κ1) is 56.3. The van der Waals surface area contributed by atoms with E-state index in [4.69, 9.17) is 0 Å². The molecule has 0 radical (unpaired) electrons. The summed E-state index contributed by atoms with van der Waals surface area (Å²) in [6.07, 6.45) is 0. The standard InChI is InChI=1S/Ba.Ca.Mg.3H2O.6H/h;;;3*1H2;;;;;;/q3*+2;;;;6*-1. The molecule has 3 nitrogen and oxygen atoms in total. The van der Waals surface area contributed by atoms with Crippen LogP contribution in [0.3, 0.4) is 0 Å². The Morgan fingerprint density at radius 1 is 0.833 bits per heavy atom. The van der Waals surface area contributed by atoms with Crippen molar-refractivity contribution >= 4 is 110 Å². The normalized spacial score (nSPS) is 0. The zero-order valence-corrected chi connectivity index (χ0v) is 11.7. The fourth-order valence-electron chi connectivity index (χ4n) is 0. The van der Waals surface area contributed by atoms with Gasteiger partial charge in [-0.15, -0.1) is 0 Å². The molecule has 0 aromatic rings. The van der Waals surface area contributed by atoms with Crippen LogP contribution in [0.5, 0.6) is 0 Å². The Morgan fingerprint density at radius 2 is 0.833 bits per heavy atom. The van der Waals surface area contributed by atoms with Gasteiger partial charge in [-0.3, -0.25) is 0 Å². The average Bonchev–Trinajstić information content (AvgIpc) is 0. The van der Waals surface area contributed by atoms with Gasteiger partial charge in [-0.05, 0) is 0 Å². The van der Waals surface area contributed by atoms with Gasteiger partial charge < -0.3 is 25.0 Å². The van der Waals surface area contributed by atoms with Crippen LogP contribution in [-0.2, 0) is 0 Å². The summed E-state index contributed by atoms with van der Waals surface area (Å²) in [5.41, 5.74) is 0. The molecule has 0 bridgehead atoms. The number of hydrogen-bond acceptors (Lipinski definition) is 0. The van der Waals surface area contributed by atoms with Gasteiger partial charge in [0, 0.05) is 0 Å². The molecular weight excluding hydrogens is 250 g/mol. The van der Waals surface area contributed by atoms with E-state index in [2.05, 4.69) is 0 Å². The summed E-state index contributed by atoms with van der Waals surface area (Å²) in [5, 5.41) is 0. The smallest absolute Gasteiger partial charge is 1.00 e. The summed E-state index contributed by atoms with van der Waals surface area (Å²) in [4.78, 5) is 0. The summed E-state index contributed by atoms with van der Waals surface area (Å²) in [5.74, 6) is 0. The van der Waals surface area contributed by atoms with Gasteiger partial charge in [-0.2, -0.15) is 0 Å². The predicted molar refractivity (Wildman–Crippen MR) is 34.8 cm³/mol. The minimum absolute atomic E-state index is 0. The Bertz CT molecular complexity index is 22.8. The van der Waals surface area contributed by atoms with Crippen molar-refractivity contribution in [3.8, 4) is 0 Å². The summed E-state index contributed by atoms with van der Waals surface area (Å²) >= 11 is 0. The summed E-state index contributed by atoms with van der Waals surface area (Å²) < 4.78 is 0. The SMILES string of the molecule is O.O.O.[Ba+2].[Ca+2].[H-].[H-].[H-].[H-].[H-].[H-].[Mg+2]. The molecule has 0 aliphatic heterocycles. The largest absolute Gasteiger partial charge is 2.00 e. The van der Waals surface area contributed by atoms with Crippen LogP contribution in [0, 0.1) is 0 Å². The van der Waals surface area contributed by atoms with E-state index in [1.807, 2.05) is 0 Å². The van der Waals surface area contributed by atoms with Gasteiger partial charge >= 0.3 is 110 Å². The van der Waals surface area contributed by atoms with Gasteiger partial charge in [0.25, 0.3) is 0 Å². The minimum Gasteiger partial charge on any atom is -1.00 e. The summed E-state index contributed by atoms with van der Waals surface area (Å²) in [6, 6.07) is 0. The quantitative estimate of drug-likeness (QED) is 0.417. The third-order valence-electron chi connectivity index (χ3n) is 0. The molecular formula is H12BaCaMgO3. The second kappa shape index (κ2) is 39.2. The summed E-state index contributed by atoms with van der Waals surface area (Å²) in [6.45, 7) is 0. The van der Waals surface area contributed by atoms with Crippen LogP contribution in [0.25, 0.3) is 0 Å². The Morgan fingerprint density at radius 3 is 0.833 bits per heavy atom. The first-order chi connectivity index (χ1) is 0. The minimum atomic E-state index is 0. The monoisotopic (exact) mass is 262 g/mol. The van der Waals surface area contributed by atoms with E-state index in [1.54, 1.807) is 0 Å². The molecule has 6 heteroatoms. The number of hydrogen-bond donors (Lipinski definition) is 0. The first-order valence-electron chi connectivity index (χ1n) is 0. The van der Waals surface area contributed by atoms with Gasteiger partial charge in [0.15, 0.2) is 0 Å². The van der Waals surface area contributed by atoms with E-state index in [-0.39, 0.29) is 135 Å². The first-order valence-corrected chi connectivity index (χ1v) is 0. The Hall–Kier alpha value is 3.48. The molecule has 0 rings (SSSR count). The van der Waals surface area contributed by atoms with Gasteiger partial charge in [0.2, 0.25) is 0 Å². The fourth-order valence-corrected chi connectivity index (χ4v) is 0. The van der Waals surface area contributed by atoms with Gasteiger partial charge in [-0.25, -0.2) is 0 Å². The van der Waals surface area contributed by atoms with Crippen LogP contribution in [0.15, 0.2) is 0 Å². The molecule has 0 fully saturated rings. The van der Waals surface area contributed by atoms with Gasteiger partial charge in [-0.1, -0.05) is 0 Å². The molecule has 0 atom stereocenters. The van der Waals surface area contributed by atoms with Crippen molar-refractivity contribution in [3.05, 3.63) is 0 Å². The number of rotatable bonds is 0. The molecule has 0 aliphatic rings. The predicted octanol–water partition coefficient (Wildman–Crippen LogP) is -2.94. The Labute approximate surface area is 132 Å². The zero-order chi connectivity index (χ0) is 0. The van der Waals surface area contributed by atoms with Crippen molar-refractivity contribution < 1.29 is 25.0 Å². The van der Waals surface area contributed by atoms with Crippen molar-refractivity contribution in [1.82, 2.24) is 0 Å². The Kier molecular flexibility index (Phi) is 368. The van der Waals surface area contributed by atoms with E-state index in [0.717, 1.165) is 0 Å². The molecule has 0 saturated carbocycles. The van der Waals surface area contributed by atoms with Crippen LogP contribution in [0.1, 0.15) is 8.56 Å². The Balaban J connectivity index is 0. The van der Waals surface area contributed by atoms with E-state index < -0.39 is 0 Å². The van der Waals surface area contributed by atoms with Crippen LogP contribution in [0.2, 0.25) is 0 Å². The van der Waals surface area contributed by atoms with Crippen molar-refractivity contribution in [2.75, 3.05) is 0 Å². The molecule has 6 heavy (non-hydrogen) atoms. The molecule has 0 amide bonds. The molecule has 0 saturated heterocycles. The van der Waals surface area contributed by atoms with Gasteiger partial charge in [0.1, 0.15) is 0 Å². The van der Waals surface area contributed by atoms with Crippen LogP contribution in [0.4, 0.5) is 0 Å². The maximum absolute atomic E-state index is 0. The van der Waals surface area contributed by atoms with Crippen LogP contribution in [-0.4, -0.2) is 126 Å². The van der Waals surface area contributed by atoms with Crippen molar-refractivity contribution in [1.29, 1.82) is 0 Å². The fraction of sp³-hybridized carbons (Fsp3) is 0. The van der Waals surface area contributed by atoms with Crippen LogP contribution >= 0.6 is 0 Å². The van der Waals surface area contributed by atoms with Crippen molar-refractivity contribution in [3.63, 3.8) is 0 Å². The van der Waals surface area contributed by atoms with Gasteiger partial charge in [0.05, 0.1) is 0 Å². The maximum Gasteiger partial charge on any atom is 2.00 e. The molecule has 0 spiro atoms. The third kappa shape index (κ3) is 25.9. The van der Waals surface area contributed by atoms with E-state index in [0.29, 0.717) is 0 Å². The molecule has 0 aromatic heterocycles. The topological polar surface area (TPSA) is 94.5 Å². The molecule has 36 valence electrons. The molecule has 6 N–H and O–H groups in total. The van der Waals surface area contributed by atoms with Crippen molar-refractivity contribution in [2.24, 2.45) is 0 Å². The molecule has 0 unspecified atom stereocenters. The molecule has 0 heterocycles. The maximum atomic E-state index is 0. The van der Waals surface area contributed by atoms with Crippen molar-refractivity contribution in [2.45, 2.75) is 0 Å². The average molecular weight is 262 g/mol. The third-order valence-corrected chi connectivity index (χ3v) is 0. The second-order valence-electron chi connectivity index (χ2n) is 0. The molecule has 0 aromatic carbocycles. The zero-order valence-electron chi connectivity index (χ0n) is 9.62. The van der Waals surface area contributed by atoms with E-state index in [9.17, 15) is 0 Å².